The predicted molar refractivity (Wildman–Crippen MR) is 134 cm³/mol. The summed E-state index contributed by atoms with van der Waals surface area (Å²) < 4.78 is 34.1. The quantitative estimate of drug-likeness (QED) is 0.628. The van der Waals surface area contributed by atoms with Crippen LogP contribution in [0.4, 0.5) is 5.69 Å². The van der Waals surface area contributed by atoms with Gasteiger partial charge in [-0.05, 0) is 62.4 Å². The first kappa shape index (κ1) is 24.7. The van der Waals surface area contributed by atoms with E-state index in [0.29, 0.717) is 30.8 Å². The van der Waals surface area contributed by atoms with Crippen molar-refractivity contribution in [3.05, 3.63) is 58.7 Å². The molecule has 34 heavy (non-hydrogen) atoms. The molecule has 2 aliphatic rings. The van der Waals surface area contributed by atoms with E-state index in [4.69, 9.17) is 4.74 Å². The van der Waals surface area contributed by atoms with E-state index in [1.54, 1.807) is 11.9 Å². The van der Waals surface area contributed by atoms with Gasteiger partial charge >= 0.3 is 0 Å². The molecule has 0 aromatic heterocycles. The lowest BCUT2D eigenvalue weighted by molar-refractivity contribution is -0.133. The molecule has 7 nitrogen and oxygen atoms in total. The number of ether oxygens (including phenoxy) is 1. The second kappa shape index (κ2) is 10.1. The molecule has 2 heterocycles. The van der Waals surface area contributed by atoms with Crippen molar-refractivity contribution in [2.24, 2.45) is 0 Å². The zero-order valence-corrected chi connectivity index (χ0v) is 21.4. The summed E-state index contributed by atoms with van der Waals surface area (Å²) >= 11 is 0. The molecule has 184 valence electrons. The van der Waals surface area contributed by atoms with Crippen LogP contribution in [0.2, 0.25) is 0 Å². The maximum absolute atomic E-state index is 13.6. The molecule has 1 unspecified atom stereocenters. The van der Waals surface area contributed by atoms with Crippen LogP contribution in [-0.4, -0.2) is 69.5 Å². The SMILES string of the molecule is Cc1cc(C)c(S(=O)(=O)N2CCCC2C(=O)N(C)Cc2ccc(N3CCOCC3)cc2)c(C)c1. The molecule has 2 aromatic rings. The van der Waals surface area contributed by atoms with E-state index in [2.05, 4.69) is 17.0 Å². The average Bonchev–Trinajstić information content (AvgIpc) is 3.30. The van der Waals surface area contributed by atoms with Gasteiger partial charge in [0.2, 0.25) is 15.9 Å². The van der Waals surface area contributed by atoms with Crippen molar-refractivity contribution in [2.45, 2.75) is 51.1 Å². The first-order chi connectivity index (χ1) is 16.2. The topological polar surface area (TPSA) is 70.2 Å². The van der Waals surface area contributed by atoms with Gasteiger partial charge < -0.3 is 14.5 Å². The molecule has 0 bridgehead atoms. The fourth-order valence-electron chi connectivity index (χ4n) is 5.21. The highest BCUT2D eigenvalue weighted by Crippen LogP contribution is 2.31. The number of likely N-dealkylation sites (N-methyl/N-ethyl adjacent to an activating group) is 1. The third-order valence-corrected chi connectivity index (χ3v) is 8.98. The summed E-state index contributed by atoms with van der Waals surface area (Å²) in [6, 6.07) is 11.3. The highest BCUT2D eigenvalue weighted by molar-refractivity contribution is 7.89. The van der Waals surface area contributed by atoms with E-state index >= 15 is 0 Å². The Morgan fingerprint density at radius 2 is 1.65 bits per heavy atom. The first-order valence-corrected chi connectivity index (χ1v) is 13.4. The van der Waals surface area contributed by atoms with Gasteiger partial charge in [-0.25, -0.2) is 8.42 Å². The van der Waals surface area contributed by atoms with Crippen LogP contribution >= 0.6 is 0 Å². The number of nitrogens with zero attached hydrogens (tertiary/aromatic N) is 3. The number of rotatable bonds is 6. The molecule has 2 aromatic carbocycles. The Hall–Kier alpha value is -2.42. The second-order valence-electron chi connectivity index (χ2n) is 9.46. The number of amides is 1. The molecule has 0 saturated carbocycles. The zero-order chi connectivity index (χ0) is 24.5. The van der Waals surface area contributed by atoms with E-state index in [1.807, 2.05) is 45.0 Å². The normalized spacial score (nSPS) is 19.4. The van der Waals surface area contributed by atoms with Crippen molar-refractivity contribution < 1.29 is 17.9 Å². The number of hydrogen-bond donors (Lipinski definition) is 0. The van der Waals surface area contributed by atoms with E-state index in [-0.39, 0.29) is 5.91 Å². The smallest absolute Gasteiger partial charge is 0.244 e. The first-order valence-electron chi connectivity index (χ1n) is 11.9. The minimum atomic E-state index is -3.77. The largest absolute Gasteiger partial charge is 0.378 e. The van der Waals surface area contributed by atoms with Gasteiger partial charge in [0.25, 0.3) is 0 Å². The number of sulfonamides is 1. The van der Waals surface area contributed by atoms with Crippen LogP contribution in [0.5, 0.6) is 0 Å². The van der Waals surface area contributed by atoms with Gasteiger partial charge in [0.1, 0.15) is 6.04 Å². The van der Waals surface area contributed by atoms with Crippen molar-refractivity contribution in [1.29, 1.82) is 0 Å². The van der Waals surface area contributed by atoms with Gasteiger partial charge in [0.05, 0.1) is 18.1 Å². The number of carbonyl (C=O) groups excluding carboxylic acids is 1. The van der Waals surface area contributed by atoms with Crippen molar-refractivity contribution in [1.82, 2.24) is 9.21 Å². The number of morpholine rings is 1. The Morgan fingerprint density at radius 1 is 1.03 bits per heavy atom. The summed E-state index contributed by atoms with van der Waals surface area (Å²) in [4.78, 5) is 17.6. The lowest BCUT2D eigenvalue weighted by atomic mass is 10.1. The van der Waals surface area contributed by atoms with E-state index in [9.17, 15) is 13.2 Å². The Morgan fingerprint density at radius 3 is 2.26 bits per heavy atom. The van der Waals surface area contributed by atoms with Gasteiger partial charge in [0, 0.05) is 38.9 Å². The molecule has 1 atom stereocenters. The summed E-state index contributed by atoms with van der Waals surface area (Å²) in [5.41, 5.74) is 4.65. The fraction of sp³-hybridized carbons (Fsp3) is 0.500. The van der Waals surface area contributed by atoms with Gasteiger partial charge in [-0.1, -0.05) is 29.8 Å². The Bertz CT molecular complexity index is 1120. The molecule has 0 radical (unpaired) electrons. The third-order valence-electron chi connectivity index (χ3n) is 6.77. The number of benzene rings is 2. The Labute approximate surface area is 203 Å². The molecular weight excluding hydrogens is 450 g/mol. The number of anilines is 1. The second-order valence-corrected chi connectivity index (χ2v) is 11.3. The van der Waals surface area contributed by atoms with Gasteiger partial charge in [-0.2, -0.15) is 4.31 Å². The van der Waals surface area contributed by atoms with Crippen LogP contribution in [0.15, 0.2) is 41.3 Å². The maximum atomic E-state index is 13.6. The van der Waals surface area contributed by atoms with Gasteiger partial charge in [0.15, 0.2) is 0 Å². The molecule has 8 heteroatoms. The standard InChI is InChI=1S/C26H35N3O4S/c1-19-16-20(2)25(21(3)17-19)34(31,32)29-11-5-6-24(29)26(30)27(4)18-22-7-9-23(10-8-22)28-12-14-33-15-13-28/h7-10,16-17,24H,5-6,11-15,18H2,1-4H3. The summed E-state index contributed by atoms with van der Waals surface area (Å²) in [5.74, 6) is -0.152. The number of aryl methyl sites for hydroxylation is 3. The van der Waals surface area contributed by atoms with Crippen LogP contribution in [0.1, 0.15) is 35.1 Å². The summed E-state index contributed by atoms with van der Waals surface area (Å²) in [6.45, 7) is 9.65. The maximum Gasteiger partial charge on any atom is 0.244 e. The monoisotopic (exact) mass is 485 g/mol. The van der Waals surface area contributed by atoms with Crippen LogP contribution in [-0.2, 0) is 26.1 Å². The Balaban J connectivity index is 1.47. The predicted octanol–water partition coefficient (Wildman–Crippen LogP) is 3.26. The van der Waals surface area contributed by atoms with Crippen molar-refractivity contribution in [3.63, 3.8) is 0 Å². The van der Waals surface area contributed by atoms with Gasteiger partial charge in [-0.15, -0.1) is 0 Å². The summed E-state index contributed by atoms with van der Waals surface area (Å²) in [6.07, 6.45) is 1.23. The highest BCUT2D eigenvalue weighted by Gasteiger charge is 2.41. The number of hydrogen-bond acceptors (Lipinski definition) is 5. The Kier molecular flexibility index (Phi) is 7.31. The molecule has 2 aliphatic heterocycles. The molecule has 4 rings (SSSR count). The van der Waals surface area contributed by atoms with Crippen LogP contribution in [0, 0.1) is 20.8 Å². The lowest BCUT2D eigenvalue weighted by Gasteiger charge is -2.30. The molecule has 0 spiro atoms. The summed E-state index contributed by atoms with van der Waals surface area (Å²) in [5, 5.41) is 0. The highest BCUT2D eigenvalue weighted by atomic mass is 32.2. The molecule has 0 aliphatic carbocycles. The van der Waals surface area contributed by atoms with Crippen molar-refractivity contribution in [2.75, 3.05) is 44.8 Å². The minimum absolute atomic E-state index is 0.152. The van der Waals surface area contributed by atoms with Crippen LogP contribution in [0.25, 0.3) is 0 Å². The lowest BCUT2D eigenvalue weighted by Crippen LogP contribution is -2.46. The van der Waals surface area contributed by atoms with Gasteiger partial charge in [-0.3, -0.25) is 4.79 Å². The van der Waals surface area contributed by atoms with E-state index in [1.165, 1.54) is 4.31 Å². The average molecular weight is 486 g/mol. The van der Waals surface area contributed by atoms with E-state index in [0.717, 1.165) is 54.2 Å². The molecule has 0 N–H and O–H groups in total. The van der Waals surface area contributed by atoms with Crippen LogP contribution < -0.4 is 4.90 Å². The fourth-order valence-corrected chi connectivity index (χ4v) is 7.27. The minimum Gasteiger partial charge on any atom is -0.378 e. The van der Waals surface area contributed by atoms with E-state index < -0.39 is 16.1 Å². The molecule has 1 amide bonds. The number of carbonyl (C=O) groups is 1. The third kappa shape index (κ3) is 4.99. The molecule has 2 saturated heterocycles. The van der Waals surface area contributed by atoms with Crippen molar-refractivity contribution >= 4 is 21.6 Å². The zero-order valence-electron chi connectivity index (χ0n) is 20.6. The molecule has 2 fully saturated rings. The van der Waals surface area contributed by atoms with Crippen LogP contribution in [0.3, 0.4) is 0 Å². The van der Waals surface area contributed by atoms with Crippen molar-refractivity contribution in [3.8, 4) is 0 Å². The summed E-state index contributed by atoms with van der Waals surface area (Å²) in [7, 11) is -2.01. The molecular formula is C26H35N3O4S.